The first-order valence-corrected chi connectivity index (χ1v) is 3.99. The topological polar surface area (TPSA) is 46.9 Å². The van der Waals surface area contributed by atoms with Crippen LogP contribution in [0.5, 0.6) is 0 Å². The molecule has 0 saturated carbocycles. The van der Waals surface area contributed by atoms with Gasteiger partial charge in [0.1, 0.15) is 0 Å². The zero-order valence-corrected chi connectivity index (χ0v) is 7.16. The molecular formula is C8H13N3O. The third-order valence-corrected chi connectivity index (χ3v) is 1.53. The number of aryl methyl sites for hydroxylation is 1. The summed E-state index contributed by atoms with van der Waals surface area (Å²) in [4.78, 5) is 14.4. The minimum absolute atomic E-state index is 0.0284. The minimum atomic E-state index is 0.0284. The van der Waals surface area contributed by atoms with E-state index in [0.29, 0.717) is 0 Å². The molecule has 0 aliphatic heterocycles. The molecule has 0 unspecified atom stereocenters. The van der Waals surface area contributed by atoms with E-state index in [2.05, 4.69) is 10.3 Å². The van der Waals surface area contributed by atoms with Gasteiger partial charge in [0, 0.05) is 32.4 Å². The highest BCUT2D eigenvalue weighted by molar-refractivity contribution is 5.72. The number of aromatic nitrogens is 2. The molecule has 12 heavy (non-hydrogen) atoms. The van der Waals surface area contributed by atoms with Gasteiger partial charge < -0.3 is 9.88 Å². The Morgan fingerprint density at radius 3 is 3.08 bits per heavy atom. The molecule has 1 aromatic heterocycles. The summed E-state index contributed by atoms with van der Waals surface area (Å²) < 4.78 is 1.99. The van der Waals surface area contributed by atoms with Crippen LogP contribution >= 0.6 is 0 Å². The highest BCUT2D eigenvalue weighted by atomic mass is 16.1. The second kappa shape index (κ2) is 4.54. The van der Waals surface area contributed by atoms with Crippen LogP contribution in [0.1, 0.15) is 13.3 Å². The zero-order chi connectivity index (χ0) is 8.81. The Labute approximate surface area is 71.6 Å². The van der Waals surface area contributed by atoms with E-state index >= 15 is 0 Å². The van der Waals surface area contributed by atoms with Gasteiger partial charge in [-0.3, -0.25) is 4.79 Å². The molecular weight excluding hydrogens is 154 g/mol. The van der Waals surface area contributed by atoms with Gasteiger partial charge in [0.15, 0.2) is 0 Å². The van der Waals surface area contributed by atoms with E-state index in [-0.39, 0.29) is 5.91 Å². The lowest BCUT2D eigenvalue weighted by Crippen LogP contribution is -2.21. The lowest BCUT2D eigenvalue weighted by molar-refractivity contribution is -0.118. The van der Waals surface area contributed by atoms with Crippen molar-refractivity contribution < 1.29 is 4.79 Å². The smallest absolute Gasteiger partial charge is 0.216 e. The predicted molar refractivity (Wildman–Crippen MR) is 45.5 cm³/mol. The van der Waals surface area contributed by atoms with E-state index in [9.17, 15) is 4.79 Å². The molecule has 1 amide bonds. The summed E-state index contributed by atoms with van der Waals surface area (Å²) >= 11 is 0. The van der Waals surface area contributed by atoms with Gasteiger partial charge in [-0.2, -0.15) is 0 Å². The molecule has 0 spiro atoms. The molecule has 0 radical (unpaired) electrons. The molecule has 66 valence electrons. The summed E-state index contributed by atoms with van der Waals surface area (Å²) in [5, 5.41) is 2.74. The van der Waals surface area contributed by atoms with Crippen molar-refractivity contribution in [3.63, 3.8) is 0 Å². The Morgan fingerprint density at radius 1 is 1.67 bits per heavy atom. The first-order valence-electron chi connectivity index (χ1n) is 3.99. The summed E-state index contributed by atoms with van der Waals surface area (Å²) in [5.41, 5.74) is 0. The number of imidazole rings is 1. The molecule has 4 nitrogen and oxygen atoms in total. The van der Waals surface area contributed by atoms with E-state index in [0.717, 1.165) is 19.5 Å². The van der Waals surface area contributed by atoms with Crippen molar-refractivity contribution in [1.29, 1.82) is 0 Å². The van der Waals surface area contributed by atoms with E-state index in [1.54, 1.807) is 12.5 Å². The van der Waals surface area contributed by atoms with Crippen LogP contribution in [0.2, 0.25) is 0 Å². The van der Waals surface area contributed by atoms with Crippen LogP contribution in [0, 0.1) is 0 Å². The molecule has 1 aromatic rings. The second-order valence-electron chi connectivity index (χ2n) is 2.64. The average molecular weight is 167 g/mol. The molecule has 0 saturated heterocycles. The van der Waals surface area contributed by atoms with Gasteiger partial charge in [-0.15, -0.1) is 0 Å². The average Bonchev–Trinajstić information content (AvgIpc) is 2.49. The van der Waals surface area contributed by atoms with Gasteiger partial charge in [0.25, 0.3) is 0 Å². The van der Waals surface area contributed by atoms with Crippen molar-refractivity contribution in [3.05, 3.63) is 18.7 Å². The van der Waals surface area contributed by atoms with Crippen molar-refractivity contribution in [3.8, 4) is 0 Å². The number of hydrogen-bond donors (Lipinski definition) is 1. The van der Waals surface area contributed by atoms with Gasteiger partial charge in [0.2, 0.25) is 5.91 Å². The number of amides is 1. The number of hydrogen-bond acceptors (Lipinski definition) is 2. The SMILES string of the molecule is CC(=O)NCCCn1ccnc1. The number of carbonyl (C=O) groups excluding carboxylic acids is 1. The van der Waals surface area contributed by atoms with Crippen LogP contribution in [0.15, 0.2) is 18.7 Å². The van der Waals surface area contributed by atoms with Crippen LogP contribution in [-0.4, -0.2) is 22.0 Å². The normalized spacial score (nSPS) is 9.75. The molecule has 4 heteroatoms. The van der Waals surface area contributed by atoms with Crippen LogP contribution in [0.3, 0.4) is 0 Å². The quantitative estimate of drug-likeness (QED) is 0.660. The molecule has 0 aliphatic rings. The fraction of sp³-hybridized carbons (Fsp3) is 0.500. The molecule has 1 N–H and O–H groups in total. The third kappa shape index (κ3) is 3.18. The Kier molecular flexibility index (Phi) is 3.32. The summed E-state index contributed by atoms with van der Waals surface area (Å²) in [6.45, 7) is 3.16. The predicted octanol–water partition coefficient (Wildman–Crippen LogP) is 0.409. The maximum Gasteiger partial charge on any atom is 0.216 e. The third-order valence-electron chi connectivity index (χ3n) is 1.53. The van der Waals surface area contributed by atoms with Gasteiger partial charge in [0.05, 0.1) is 6.33 Å². The van der Waals surface area contributed by atoms with Crippen molar-refractivity contribution in [2.24, 2.45) is 0 Å². The van der Waals surface area contributed by atoms with Crippen LogP contribution in [0.4, 0.5) is 0 Å². The van der Waals surface area contributed by atoms with Crippen LogP contribution in [0.25, 0.3) is 0 Å². The highest BCUT2D eigenvalue weighted by Gasteiger charge is 1.91. The Bertz CT molecular complexity index is 230. The second-order valence-corrected chi connectivity index (χ2v) is 2.64. The minimum Gasteiger partial charge on any atom is -0.356 e. The molecule has 0 aliphatic carbocycles. The summed E-state index contributed by atoms with van der Waals surface area (Å²) in [5.74, 6) is 0.0284. The van der Waals surface area contributed by atoms with E-state index in [1.165, 1.54) is 6.92 Å². The lowest BCUT2D eigenvalue weighted by Gasteiger charge is -2.02. The maximum atomic E-state index is 10.5. The molecule has 0 atom stereocenters. The molecule has 1 heterocycles. The van der Waals surface area contributed by atoms with Crippen molar-refractivity contribution in [2.45, 2.75) is 19.9 Å². The highest BCUT2D eigenvalue weighted by Crippen LogP contribution is 1.88. The number of carbonyl (C=O) groups is 1. The number of nitrogens with zero attached hydrogens (tertiary/aromatic N) is 2. The summed E-state index contributed by atoms with van der Waals surface area (Å²) in [7, 11) is 0. The van der Waals surface area contributed by atoms with E-state index in [4.69, 9.17) is 0 Å². The first-order chi connectivity index (χ1) is 5.79. The summed E-state index contributed by atoms with van der Waals surface area (Å²) in [6.07, 6.45) is 6.37. The molecule has 0 aromatic carbocycles. The van der Waals surface area contributed by atoms with E-state index in [1.807, 2.05) is 10.8 Å². The fourth-order valence-electron chi connectivity index (χ4n) is 0.945. The van der Waals surface area contributed by atoms with E-state index < -0.39 is 0 Å². The molecule has 0 bridgehead atoms. The molecule has 1 rings (SSSR count). The van der Waals surface area contributed by atoms with Gasteiger partial charge in [-0.1, -0.05) is 0 Å². The Morgan fingerprint density at radius 2 is 2.50 bits per heavy atom. The fourth-order valence-corrected chi connectivity index (χ4v) is 0.945. The Balaban J connectivity index is 2.07. The van der Waals surface area contributed by atoms with Gasteiger partial charge >= 0.3 is 0 Å². The van der Waals surface area contributed by atoms with Gasteiger partial charge in [-0.05, 0) is 6.42 Å². The lowest BCUT2D eigenvalue weighted by atomic mass is 10.4. The van der Waals surface area contributed by atoms with Crippen molar-refractivity contribution in [1.82, 2.24) is 14.9 Å². The number of nitrogens with one attached hydrogen (secondary N) is 1. The summed E-state index contributed by atoms with van der Waals surface area (Å²) in [6, 6.07) is 0. The largest absolute Gasteiger partial charge is 0.356 e. The first kappa shape index (κ1) is 8.77. The van der Waals surface area contributed by atoms with Crippen LogP contribution in [-0.2, 0) is 11.3 Å². The zero-order valence-electron chi connectivity index (χ0n) is 7.16. The van der Waals surface area contributed by atoms with Crippen LogP contribution < -0.4 is 5.32 Å². The maximum absolute atomic E-state index is 10.5. The monoisotopic (exact) mass is 167 g/mol. The Hall–Kier alpha value is -1.32. The molecule has 0 fully saturated rings. The number of rotatable bonds is 4. The van der Waals surface area contributed by atoms with Crippen molar-refractivity contribution in [2.75, 3.05) is 6.54 Å². The van der Waals surface area contributed by atoms with Crippen molar-refractivity contribution >= 4 is 5.91 Å². The van der Waals surface area contributed by atoms with Gasteiger partial charge in [-0.25, -0.2) is 4.98 Å². The standard InChI is InChI=1S/C8H13N3O/c1-8(12)10-3-2-5-11-6-4-9-7-11/h4,6-7H,2-3,5H2,1H3,(H,10,12).